The van der Waals surface area contributed by atoms with Crippen LogP contribution in [0.25, 0.3) is 0 Å². The van der Waals surface area contributed by atoms with E-state index in [1.807, 2.05) is 0 Å². The third-order valence-electron chi connectivity index (χ3n) is 4.18. The number of ether oxygens (including phenoxy) is 1. The maximum atomic E-state index is 12.0. The van der Waals surface area contributed by atoms with Crippen molar-refractivity contribution in [3.63, 3.8) is 0 Å². The summed E-state index contributed by atoms with van der Waals surface area (Å²) in [7, 11) is 1.78. The Bertz CT molecular complexity index is 255. The molecule has 1 aliphatic carbocycles. The Morgan fingerprint density at radius 2 is 2.18 bits per heavy atom. The first-order chi connectivity index (χ1) is 8.29. The van der Waals surface area contributed by atoms with Crippen LogP contribution in [0.2, 0.25) is 0 Å². The van der Waals surface area contributed by atoms with Crippen LogP contribution in [0.5, 0.6) is 0 Å². The molecule has 2 aliphatic rings. The molecule has 98 valence electrons. The van der Waals surface area contributed by atoms with E-state index < -0.39 is 0 Å². The lowest BCUT2D eigenvalue weighted by atomic mass is 9.98. The SMILES string of the molecule is COCC1CCN(CC2CCCCCC2=O)C1. The molecule has 0 aromatic carbocycles. The van der Waals surface area contributed by atoms with E-state index in [2.05, 4.69) is 4.90 Å². The van der Waals surface area contributed by atoms with Crippen LogP contribution >= 0.6 is 0 Å². The first kappa shape index (κ1) is 13.0. The zero-order valence-electron chi connectivity index (χ0n) is 11.0. The maximum Gasteiger partial charge on any atom is 0.137 e. The van der Waals surface area contributed by atoms with Crippen molar-refractivity contribution in [3.05, 3.63) is 0 Å². The second kappa shape index (κ2) is 6.50. The van der Waals surface area contributed by atoms with Crippen LogP contribution in [0.3, 0.4) is 0 Å². The van der Waals surface area contributed by atoms with Crippen molar-refractivity contribution in [1.82, 2.24) is 4.90 Å². The molecule has 0 aromatic rings. The first-order valence-corrected chi connectivity index (χ1v) is 7.03. The van der Waals surface area contributed by atoms with Crippen LogP contribution in [0, 0.1) is 11.8 Å². The molecule has 1 aliphatic heterocycles. The quantitative estimate of drug-likeness (QED) is 0.704. The van der Waals surface area contributed by atoms with Gasteiger partial charge in [0.2, 0.25) is 0 Å². The van der Waals surface area contributed by atoms with E-state index in [1.54, 1.807) is 7.11 Å². The second-order valence-corrected chi connectivity index (χ2v) is 5.63. The fourth-order valence-electron chi connectivity index (χ4n) is 3.19. The molecule has 0 bridgehead atoms. The number of methoxy groups -OCH3 is 1. The van der Waals surface area contributed by atoms with Crippen molar-refractivity contribution < 1.29 is 9.53 Å². The van der Waals surface area contributed by atoms with Crippen LogP contribution in [0.4, 0.5) is 0 Å². The molecule has 1 heterocycles. The Morgan fingerprint density at radius 1 is 1.29 bits per heavy atom. The third-order valence-corrected chi connectivity index (χ3v) is 4.18. The highest BCUT2D eigenvalue weighted by atomic mass is 16.5. The van der Waals surface area contributed by atoms with Crippen molar-refractivity contribution in [2.24, 2.45) is 11.8 Å². The molecule has 0 aromatic heterocycles. The standard InChI is InChI=1S/C14H25NO2/c1-17-11-12-7-8-15(9-12)10-13-5-3-2-4-6-14(13)16/h12-13H,2-11H2,1H3. The van der Waals surface area contributed by atoms with Crippen molar-refractivity contribution >= 4 is 5.78 Å². The lowest BCUT2D eigenvalue weighted by molar-refractivity contribution is -0.123. The molecule has 0 N–H and O–H groups in total. The normalized spacial score (nSPS) is 31.7. The molecule has 0 radical (unpaired) electrons. The molecule has 2 atom stereocenters. The van der Waals surface area contributed by atoms with Crippen molar-refractivity contribution in [3.8, 4) is 0 Å². The number of carbonyl (C=O) groups excluding carboxylic acids is 1. The summed E-state index contributed by atoms with van der Waals surface area (Å²) in [6, 6.07) is 0. The van der Waals surface area contributed by atoms with E-state index in [1.165, 1.54) is 19.3 Å². The van der Waals surface area contributed by atoms with Gasteiger partial charge in [-0.15, -0.1) is 0 Å². The van der Waals surface area contributed by atoms with Gasteiger partial charge in [-0.2, -0.15) is 0 Å². The summed E-state index contributed by atoms with van der Waals surface area (Å²) in [5, 5.41) is 0. The highest BCUT2D eigenvalue weighted by molar-refractivity contribution is 5.81. The topological polar surface area (TPSA) is 29.5 Å². The smallest absolute Gasteiger partial charge is 0.137 e. The predicted octanol–water partition coefficient (Wildman–Crippen LogP) is 2.10. The van der Waals surface area contributed by atoms with E-state index >= 15 is 0 Å². The van der Waals surface area contributed by atoms with Crippen LogP contribution in [-0.2, 0) is 9.53 Å². The number of likely N-dealkylation sites (tertiary alicyclic amines) is 1. The molecule has 2 rings (SSSR count). The summed E-state index contributed by atoms with van der Waals surface area (Å²) in [5.41, 5.74) is 0. The Morgan fingerprint density at radius 3 is 3.00 bits per heavy atom. The van der Waals surface area contributed by atoms with Crippen molar-refractivity contribution in [2.45, 2.75) is 38.5 Å². The molecule has 3 nitrogen and oxygen atoms in total. The summed E-state index contributed by atoms with van der Waals surface area (Å²) in [4.78, 5) is 14.4. The summed E-state index contributed by atoms with van der Waals surface area (Å²) in [6.07, 6.45) is 6.76. The Hall–Kier alpha value is -0.410. The second-order valence-electron chi connectivity index (χ2n) is 5.63. The van der Waals surface area contributed by atoms with Gasteiger partial charge in [-0.05, 0) is 31.7 Å². The molecule has 17 heavy (non-hydrogen) atoms. The van der Waals surface area contributed by atoms with Crippen LogP contribution in [-0.4, -0.2) is 44.0 Å². The van der Waals surface area contributed by atoms with Gasteiger partial charge in [0, 0.05) is 32.5 Å². The van der Waals surface area contributed by atoms with Gasteiger partial charge in [0.15, 0.2) is 0 Å². The van der Waals surface area contributed by atoms with E-state index in [9.17, 15) is 4.79 Å². The number of carbonyl (C=O) groups is 1. The van der Waals surface area contributed by atoms with Crippen LogP contribution in [0.1, 0.15) is 38.5 Å². The fourth-order valence-corrected chi connectivity index (χ4v) is 3.19. The van der Waals surface area contributed by atoms with Gasteiger partial charge in [-0.1, -0.05) is 12.8 Å². The number of nitrogens with zero attached hydrogens (tertiary/aromatic N) is 1. The summed E-state index contributed by atoms with van der Waals surface area (Å²) >= 11 is 0. The molecule has 2 fully saturated rings. The lowest BCUT2D eigenvalue weighted by Crippen LogP contribution is -2.31. The third kappa shape index (κ3) is 3.78. The monoisotopic (exact) mass is 239 g/mol. The molecule has 1 saturated carbocycles. The van der Waals surface area contributed by atoms with Gasteiger partial charge in [0.05, 0.1) is 6.61 Å². The van der Waals surface area contributed by atoms with Crippen LogP contribution in [0.15, 0.2) is 0 Å². The van der Waals surface area contributed by atoms with Crippen molar-refractivity contribution in [2.75, 3.05) is 33.4 Å². The van der Waals surface area contributed by atoms with Gasteiger partial charge in [-0.25, -0.2) is 0 Å². The van der Waals surface area contributed by atoms with E-state index in [-0.39, 0.29) is 0 Å². The zero-order valence-corrected chi connectivity index (χ0v) is 11.0. The average Bonchev–Trinajstić information content (AvgIpc) is 2.65. The maximum absolute atomic E-state index is 12.0. The molecule has 1 saturated heterocycles. The van der Waals surface area contributed by atoms with Gasteiger partial charge in [0.1, 0.15) is 5.78 Å². The van der Waals surface area contributed by atoms with E-state index in [0.717, 1.165) is 45.5 Å². The minimum Gasteiger partial charge on any atom is -0.384 e. The van der Waals surface area contributed by atoms with E-state index in [4.69, 9.17) is 4.74 Å². The first-order valence-electron chi connectivity index (χ1n) is 7.03. The minimum absolute atomic E-state index is 0.318. The number of Topliss-reactive ketones (excluding diaryl/α,β-unsaturated/α-hetero) is 1. The number of ketones is 1. The lowest BCUT2D eigenvalue weighted by Gasteiger charge is -2.21. The number of rotatable bonds is 4. The average molecular weight is 239 g/mol. The Balaban J connectivity index is 1.78. The minimum atomic E-state index is 0.318. The molecular formula is C14H25NO2. The molecule has 0 amide bonds. The highest BCUT2D eigenvalue weighted by Gasteiger charge is 2.27. The summed E-state index contributed by atoms with van der Waals surface area (Å²) in [6.45, 7) is 4.14. The van der Waals surface area contributed by atoms with Crippen molar-refractivity contribution in [1.29, 1.82) is 0 Å². The molecular weight excluding hydrogens is 214 g/mol. The van der Waals surface area contributed by atoms with Gasteiger partial charge in [0.25, 0.3) is 0 Å². The van der Waals surface area contributed by atoms with Gasteiger partial charge in [-0.3, -0.25) is 4.79 Å². The molecule has 0 spiro atoms. The summed E-state index contributed by atoms with van der Waals surface area (Å²) in [5.74, 6) is 1.51. The van der Waals surface area contributed by atoms with E-state index in [0.29, 0.717) is 17.6 Å². The van der Waals surface area contributed by atoms with Gasteiger partial charge < -0.3 is 9.64 Å². The molecule has 3 heteroatoms. The predicted molar refractivity (Wildman–Crippen MR) is 68.0 cm³/mol. The number of hydrogen-bond donors (Lipinski definition) is 0. The largest absolute Gasteiger partial charge is 0.384 e. The van der Waals surface area contributed by atoms with Gasteiger partial charge >= 0.3 is 0 Å². The highest BCUT2D eigenvalue weighted by Crippen LogP contribution is 2.24. The Labute approximate surface area is 105 Å². The van der Waals surface area contributed by atoms with Crippen LogP contribution < -0.4 is 0 Å². The summed E-state index contributed by atoms with van der Waals surface area (Å²) < 4.78 is 5.21. The zero-order chi connectivity index (χ0) is 12.1. The molecule has 2 unspecified atom stereocenters. The Kier molecular flexibility index (Phi) is 4.99. The number of hydrogen-bond acceptors (Lipinski definition) is 3. The fraction of sp³-hybridized carbons (Fsp3) is 0.929.